The highest BCUT2D eigenvalue weighted by Crippen LogP contribution is 2.29. The van der Waals surface area contributed by atoms with Gasteiger partial charge >= 0.3 is 0 Å². The third-order valence-corrected chi connectivity index (χ3v) is 2.83. The van der Waals surface area contributed by atoms with Crippen LogP contribution >= 0.6 is 12.4 Å². The Morgan fingerprint density at radius 3 is 2.63 bits per heavy atom. The van der Waals surface area contributed by atoms with Crippen LogP contribution < -0.4 is 17.2 Å². The van der Waals surface area contributed by atoms with Gasteiger partial charge in [0.15, 0.2) is 5.96 Å². The van der Waals surface area contributed by atoms with Crippen molar-refractivity contribution in [2.45, 2.75) is 12.8 Å². The standard InChI is InChI=1S/C13H17N5.ClH/c14-12(15)18-13(16)17-8-7-10-6-5-9-3-1-2-4-11(9)10;/h1-4,6H,5,7-8H2,(H6,14,15,16,17,18);1H. The second-order valence-electron chi connectivity index (χ2n) is 4.12. The first-order valence-corrected chi connectivity index (χ1v) is 5.83. The van der Waals surface area contributed by atoms with Crippen LogP contribution in [0.2, 0.25) is 0 Å². The van der Waals surface area contributed by atoms with Gasteiger partial charge in [0.1, 0.15) is 0 Å². The van der Waals surface area contributed by atoms with Crippen LogP contribution in [0, 0.1) is 0 Å². The Balaban J connectivity index is 0.00000180. The largest absolute Gasteiger partial charge is 0.370 e. The fourth-order valence-electron chi connectivity index (χ4n) is 2.05. The summed E-state index contributed by atoms with van der Waals surface area (Å²) in [5.74, 6) is 0.0589. The Morgan fingerprint density at radius 2 is 1.89 bits per heavy atom. The summed E-state index contributed by atoms with van der Waals surface area (Å²) in [6.45, 7) is 0.586. The van der Waals surface area contributed by atoms with Gasteiger partial charge in [-0.1, -0.05) is 30.3 Å². The Kier molecular flexibility index (Phi) is 5.38. The van der Waals surface area contributed by atoms with Gasteiger partial charge in [-0.05, 0) is 29.5 Å². The molecule has 0 amide bonds. The molecule has 0 heterocycles. The number of nitrogens with zero attached hydrogens (tertiary/aromatic N) is 2. The van der Waals surface area contributed by atoms with Gasteiger partial charge in [0.05, 0.1) is 0 Å². The fourth-order valence-corrected chi connectivity index (χ4v) is 2.05. The number of benzene rings is 1. The summed E-state index contributed by atoms with van der Waals surface area (Å²) in [6.07, 6.45) is 4.08. The van der Waals surface area contributed by atoms with Crippen molar-refractivity contribution < 1.29 is 0 Å². The van der Waals surface area contributed by atoms with Crippen LogP contribution in [0.15, 0.2) is 40.3 Å². The summed E-state index contributed by atoms with van der Waals surface area (Å²) < 4.78 is 0. The average molecular weight is 280 g/mol. The Bertz CT molecular complexity index is 530. The molecule has 0 aromatic heterocycles. The molecule has 0 unspecified atom stereocenters. The van der Waals surface area contributed by atoms with Crippen LogP contribution in [-0.2, 0) is 6.42 Å². The first-order valence-electron chi connectivity index (χ1n) is 5.83. The van der Waals surface area contributed by atoms with Crippen LogP contribution in [0.5, 0.6) is 0 Å². The second kappa shape index (κ2) is 6.80. The summed E-state index contributed by atoms with van der Waals surface area (Å²) in [7, 11) is 0. The average Bonchev–Trinajstić information content (AvgIpc) is 2.72. The molecule has 6 N–H and O–H groups in total. The molecule has 0 aliphatic heterocycles. The Labute approximate surface area is 118 Å². The number of rotatable bonds is 3. The van der Waals surface area contributed by atoms with E-state index in [-0.39, 0.29) is 24.3 Å². The third kappa shape index (κ3) is 3.99. The highest BCUT2D eigenvalue weighted by Gasteiger charge is 2.12. The third-order valence-electron chi connectivity index (χ3n) is 2.83. The number of allylic oxidation sites excluding steroid dienone is 1. The number of fused-ring (bicyclic) bond motifs is 1. The molecule has 5 nitrogen and oxygen atoms in total. The lowest BCUT2D eigenvalue weighted by molar-refractivity contribution is 1.01. The van der Waals surface area contributed by atoms with Gasteiger partial charge < -0.3 is 17.2 Å². The molecule has 0 radical (unpaired) electrons. The monoisotopic (exact) mass is 279 g/mol. The van der Waals surface area contributed by atoms with E-state index >= 15 is 0 Å². The summed E-state index contributed by atoms with van der Waals surface area (Å²) in [6, 6.07) is 8.40. The van der Waals surface area contributed by atoms with E-state index in [9.17, 15) is 0 Å². The SMILES string of the molecule is Cl.NC(N)=NC(N)=NCCC1=CCc2ccccc21. The summed E-state index contributed by atoms with van der Waals surface area (Å²) in [5.41, 5.74) is 19.9. The molecule has 2 rings (SSSR count). The molecule has 0 atom stereocenters. The van der Waals surface area contributed by atoms with E-state index in [1.165, 1.54) is 16.7 Å². The number of guanidine groups is 2. The van der Waals surface area contributed by atoms with E-state index < -0.39 is 0 Å². The maximum absolute atomic E-state index is 5.54. The molecule has 6 heteroatoms. The number of aliphatic imine (C=N–C) groups is 2. The highest BCUT2D eigenvalue weighted by atomic mass is 35.5. The highest BCUT2D eigenvalue weighted by molar-refractivity contribution is 5.92. The predicted octanol–water partition coefficient (Wildman–Crippen LogP) is 1.03. The molecular formula is C13H18ClN5. The number of halogens is 1. The van der Waals surface area contributed by atoms with Crippen LogP contribution in [0.3, 0.4) is 0 Å². The normalized spacial score (nSPS) is 13.3. The van der Waals surface area contributed by atoms with Crippen LogP contribution in [0.4, 0.5) is 0 Å². The smallest absolute Gasteiger partial charge is 0.218 e. The van der Waals surface area contributed by atoms with E-state index in [4.69, 9.17) is 17.2 Å². The van der Waals surface area contributed by atoms with E-state index in [2.05, 4.69) is 40.3 Å². The van der Waals surface area contributed by atoms with Crippen LogP contribution in [0.25, 0.3) is 5.57 Å². The van der Waals surface area contributed by atoms with Crippen LogP contribution in [0.1, 0.15) is 17.5 Å². The molecule has 0 fully saturated rings. The molecule has 1 aromatic rings. The second-order valence-corrected chi connectivity index (χ2v) is 4.12. The maximum Gasteiger partial charge on any atom is 0.218 e. The molecule has 1 aromatic carbocycles. The maximum atomic E-state index is 5.54. The molecular weight excluding hydrogens is 262 g/mol. The molecule has 0 saturated carbocycles. The first-order chi connectivity index (χ1) is 8.66. The van der Waals surface area contributed by atoms with Crippen molar-refractivity contribution >= 4 is 29.9 Å². The van der Waals surface area contributed by atoms with E-state index in [1.54, 1.807) is 0 Å². The Hall–Kier alpha value is -2.01. The van der Waals surface area contributed by atoms with Crippen molar-refractivity contribution in [3.05, 3.63) is 41.5 Å². The number of nitrogens with two attached hydrogens (primary N) is 3. The minimum atomic E-state index is -0.0679. The molecule has 1 aliphatic rings. The van der Waals surface area contributed by atoms with Gasteiger partial charge in [-0.15, -0.1) is 12.4 Å². The molecule has 0 saturated heterocycles. The van der Waals surface area contributed by atoms with Gasteiger partial charge in [-0.25, -0.2) is 0 Å². The van der Waals surface area contributed by atoms with Crippen LogP contribution in [-0.4, -0.2) is 18.5 Å². The van der Waals surface area contributed by atoms with Gasteiger partial charge in [-0.3, -0.25) is 4.99 Å². The molecule has 102 valence electrons. The fraction of sp³-hybridized carbons (Fsp3) is 0.231. The number of hydrogen-bond donors (Lipinski definition) is 3. The van der Waals surface area contributed by atoms with E-state index in [0.717, 1.165) is 12.8 Å². The van der Waals surface area contributed by atoms with E-state index in [0.29, 0.717) is 6.54 Å². The Morgan fingerprint density at radius 1 is 1.16 bits per heavy atom. The van der Waals surface area contributed by atoms with Crippen molar-refractivity contribution in [3.63, 3.8) is 0 Å². The minimum absolute atomic E-state index is 0. The molecule has 0 spiro atoms. The minimum Gasteiger partial charge on any atom is -0.370 e. The van der Waals surface area contributed by atoms with Crippen molar-refractivity contribution in [2.24, 2.45) is 27.2 Å². The van der Waals surface area contributed by atoms with Gasteiger partial charge in [0.2, 0.25) is 5.96 Å². The topological polar surface area (TPSA) is 103 Å². The summed E-state index contributed by atoms with van der Waals surface area (Å²) >= 11 is 0. The van der Waals surface area contributed by atoms with Gasteiger partial charge in [0, 0.05) is 6.54 Å². The zero-order chi connectivity index (χ0) is 13.0. The zero-order valence-electron chi connectivity index (χ0n) is 10.5. The van der Waals surface area contributed by atoms with Gasteiger partial charge in [-0.2, -0.15) is 4.99 Å². The van der Waals surface area contributed by atoms with Crippen molar-refractivity contribution in [2.75, 3.05) is 6.54 Å². The van der Waals surface area contributed by atoms with E-state index in [1.807, 2.05) is 0 Å². The molecule has 1 aliphatic carbocycles. The first kappa shape index (κ1) is 15.0. The lowest BCUT2D eigenvalue weighted by atomic mass is 10.0. The quantitative estimate of drug-likeness (QED) is 0.568. The van der Waals surface area contributed by atoms with Gasteiger partial charge in [0.25, 0.3) is 0 Å². The lowest BCUT2D eigenvalue weighted by Crippen LogP contribution is -2.26. The summed E-state index contributed by atoms with van der Waals surface area (Å²) in [5, 5.41) is 0. The molecule has 19 heavy (non-hydrogen) atoms. The van der Waals surface area contributed by atoms with Crippen molar-refractivity contribution in [3.8, 4) is 0 Å². The molecule has 0 bridgehead atoms. The predicted molar refractivity (Wildman–Crippen MR) is 82.3 cm³/mol. The summed E-state index contributed by atoms with van der Waals surface area (Å²) in [4.78, 5) is 7.77. The van der Waals surface area contributed by atoms with Crippen molar-refractivity contribution in [1.29, 1.82) is 0 Å². The zero-order valence-corrected chi connectivity index (χ0v) is 11.4. The van der Waals surface area contributed by atoms with Crippen molar-refractivity contribution in [1.82, 2.24) is 0 Å². The lowest BCUT2D eigenvalue weighted by Gasteiger charge is -2.03. The number of hydrogen-bond acceptors (Lipinski definition) is 1.